The Morgan fingerprint density at radius 3 is 3.17 bits per heavy atom. The van der Waals surface area contributed by atoms with E-state index < -0.39 is 0 Å². The topological polar surface area (TPSA) is 38.3 Å². The Bertz CT molecular complexity index is 403. The van der Waals surface area contributed by atoms with Crippen LogP contribution in [0.2, 0.25) is 0 Å². The molecule has 1 fully saturated rings. The van der Waals surface area contributed by atoms with Gasteiger partial charge in [0.25, 0.3) is 0 Å². The van der Waals surface area contributed by atoms with Gasteiger partial charge in [-0.05, 0) is 17.7 Å². The van der Waals surface area contributed by atoms with Crippen LogP contribution >= 0.6 is 11.8 Å². The molecule has 1 unspecified atom stereocenters. The van der Waals surface area contributed by atoms with Gasteiger partial charge in [-0.2, -0.15) is 11.8 Å². The second-order valence-electron chi connectivity index (χ2n) is 4.50. The van der Waals surface area contributed by atoms with Crippen molar-refractivity contribution in [1.82, 2.24) is 5.32 Å². The Hall–Kier alpha value is -1.00. The summed E-state index contributed by atoms with van der Waals surface area (Å²) in [6, 6.07) is 8.08. The number of benzene rings is 1. The zero-order valence-electron chi connectivity index (χ0n) is 10.6. The van der Waals surface area contributed by atoms with Crippen LogP contribution < -0.4 is 10.1 Å². The van der Waals surface area contributed by atoms with Gasteiger partial charge in [-0.1, -0.05) is 12.1 Å². The quantitative estimate of drug-likeness (QED) is 0.882. The van der Waals surface area contributed by atoms with E-state index in [4.69, 9.17) is 4.74 Å². The molecule has 1 atom stereocenters. The molecule has 0 spiro atoms. The molecule has 0 saturated carbocycles. The molecular formula is C14H19NO2S. The Balaban J connectivity index is 1.85. The number of hydrogen-bond donors (Lipinski definition) is 1. The van der Waals surface area contributed by atoms with Crippen LogP contribution in [0.25, 0.3) is 0 Å². The minimum atomic E-state index is 0.295. The predicted octanol–water partition coefficient (Wildman–Crippen LogP) is 1.90. The van der Waals surface area contributed by atoms with Crippen molar-refractivity contribution in [1.29, 1.82) is 0 Å². The Labute approximate surface area is 112 Å². The third kappa shape index (κ3) is 4.03. The van der Waals surface area contributed by atoms with E-state index >= 15 is 0 Å². The molecular weight excluding hydrogens is 246 g/mol. The lowest BCUT2D eigenvalue weighted by atomic mass is 10.0. The number of thioether (sulfide) groups is 1. The van der Waals surface area contributed by atoms with Crippen molar-refractivity contribution in [3.05, 3.63) is 29.8 Å². The summed E-state index contributed by atoms with van der Waals surface area (Å²) in [7, 11) is 1.64. The molecule has 1 aromatic carbocycles. The van der Waals surface area contributed by atoms with Crippen LogP contribution in [0, 0.1) is 0 Å². The molecule has 1 heterocycles. The zero-order valence-corrected chi connectivity index (χ0v) is 11.5. The SMILES string of the molecule is COc1cccc(CC(=O)CC2CSCCN2)c1. The van der Waals surface area contributed by atoms with Crippen LogP contribution in [-0.2, 0) is 11.2 Å². The van der Waals surface area contributed by atoms with Crippen molar-refractivity contribution >= 4 is 17.5 Å². The molecule has 98 valence electrons. The van der Waals surface area contributed by atoms with Crippen LogP contribution in [0.4, 0.5) is 0 Å². The monoisotopic (exact) mass is 265 g/mol. The molecule has 2 rings (SSSR count). The summed E-state index contributed by atoms with van der Waals surface area (Å²) in [5.74, 6) is 3.31. The highest BCUT2D eigenvalue weighted by Gasteiger charge is 2.16. The molecule has 1 aliphatic rings. The minimum absolute atomic E-state index is 0.295. The number of ketones is 1. The normalized spacial score (nSPS) is 19.5. The summed E-state index contributed by atoms with van der Waals surface area (Å²) in [5.41, 5.74) is 1.03. The molecule has 0 amide bonds. The highest BCUT2D eigenvalue weighted by Crippen LogP contribution is 2.15. The van der Waals surface area contributed by atoms with Crippen molar-refractivity contribution < 1.29 is 9.53 Å². The molecule has 18 heavy (non-hydrogen) atoms. The van der Waals surface area contributed by atoms with Crippen LogP contribution in [-0.4, -0.2) is 37.0 Å². The number of methoxy groups -OCH3 is 1. The van der Waals surface area contributed by atoms with E-state index in [1.807, 2.05) is 36.0 Å². The van der Waals surface area contributed by atoms with Gasteiger partial charge < -0.3 is 10.1 Å². The fourth-order valence-electron chi connectivity index (χ4n) is 2.11. The first-order valence-electron chi connectivity index (χ1n) is 6.23. The number of hydrogen-bond acceptors (Lipinski definition) is 4. The van der Waals surface area contributed by atoms with Gasteiger partial charge in [0.15, 0.2) is 0 Å². The van der Waals surface area contributed by atoms with Gasteiger partial charge in [0, 0.05) is 36.9 Å². The maximum Gasteiger partial charge on any atom is 0.138 e. The van der Waals surface area contributed by atoms with Crippen LogP contribution in [0.3, 0.4) is 0 Å². The Kier molecular flexibility index (Phi) is 5.08. The van der Waals surface area contributed by atoms with Gasteiger partial charge in [0.2, 0.25) is 0 Å². The van der Waals surface area contributed by atoms with Crippen LogP contribution in [0.5, 0.6) is 5.75 Å². The second-order valence-corrected chi connectivity index (χ2v) is 5.65. The lowest BCUT2D eigenvalue weighted by Gasteiger charge is -2.22. The van der Waals surface area contributed by atoms with Crippen LogP contribution in [0.1, 0.15) is 12.0 Å². The number of rotatable bonds is 5. The maximum atomic E-state index is 12.0. The lowest BCUT2D eigenvalue weighted by Crippen LogP contribution is -2.39. The third-order valence-electron chi connectivity index (χ3n) is 3.01. The molecule has 0 radical (unpaired) electrons. The number of Topliss-reactive ketones (excluding diaryl/α,β-unsaturated/α-hetero) is 1. The molecule has 1 aromatic rings. The van der Waals surface area contributed by atoms with Crippen LogP contribution in [0.15, 0.2) is 24.3 Å². The summed E-state index contributed by atoms with van der Waals surface area (Å²) in [4.78, 5) is 12.0. The van der Waals surface area contributed by atoms with Gasteiger partial charge >= 0.3 is 0 Å². The molecule has 3 nitrogen and oxygen atoms in total. The standard InChI is InChI=1S/C14H19NO2S/c1-17-14-4-2-3-11(8-14)7-13(16)9-12-10-18-6-5-15-12/h2-4,8,12,15H,5-7,9-10H2,1H3. The Morgan fingerprint density at radius 1 is 1.56 bits per heavy atom. The van der Waals surface area contributed by atoms with E-state index in [0.29, 0.717) is 24.7 Å². The average Bonchev–Trinajstić information content (AvgIpc) is 2.40. The van der Waals surface area contributed by atoms with Crippen molar-refractivity contribution in [2.24, 2.45) is 0 Å². The first kappa shape index (κ1) is 13.4. The number of nitrogens with one attached hydrogen (secondary N) is 1. The average molecular weight is 265 g/mol. The van der Waals surface area contributed by atoms with Crippen molar-refractivity contribution in [2.45, 2.75) is 18.9 Å². The van der Waals surface area contributed by atoms with Crippen molar-refractivity contribution in [3.63, 3.8) is 0 Å². The summed E-state index contributed by atoms with van der Waals surface area (Å²) < 4.78 is 5.16. The molecule has 1 saturated heterocycles. The van der Waals surface area contributed by atoms with Crippen molar-refractivity contribution in [2.75, 3.05) is 25.2 Å². The third-order valence-corrected chi connectivity index (χ3v) is 4.14. The highest BCUT2D eigenvalue weighted by molar-refractivity contribution is 7.99. The fraction of sp³-hybridized carbons (Fsp3) is 0.500. The first-order chi connectivity index (χ1) is 8.78. The lowest BCUT2D eigenvalue weighted by molar-refractivity contribution is -0.118. The van der Waals surface area contributed by atoms with Gasteiger partial charge in [-0.3, -0.25) is 4.79 Å². The number of ether oxygens (including phenoxy) is 1. The van der Waals surface area contributed by atoms with E-state index in [-0.39, 0.29) is 0 Å². The zero-order chi connectivity index (χ0) is 12.8. The van der Waals surface area contributed by atoms with Crippen molar-refractivity contribution in [3.8, 4) is 5.75 Å². The van der Waals surface area contributed by atoms with E-state index in [1.165, 1.54) is 0 Å². The summed E-state index contributed by atoms with van der Waals surface area (Å²) in [5, 5.41) is 3.39. The molecule has 0 bridgehead atoms. The van der Waals surface area contributed by atoms with Gasteiger partial charge in [-0.25, -0.2) is 0 Å². The largest absolute Gasteiger partial charge is 0.497 e. The minimum Gasteiger partial charge on any atom is -0.497 e. The number of carbonyl (C=O) groups is 1. The van der Waals surface area contributed by atoms with E-state index in [0.717, 1.165) is 29.4 Å². The molecule has 0 aliphatic carbocycles. The van der Waals surface area contributed by atoms with Gasteiger partial charge in [0.1, 0.15) is 11.5 Å². The predicted molar refractivity (Wildman–Crippen MR) is 75.4 cm³/mol. The maximum absolute atomic E-state index is 12.0. The smallest absolute Gasteiger partial charge is 0.138 e. The molecule has 0 aromatic heterocycles. The first-order valence-corrected chi connectivity index (χ1v) is 7.39. The molecule has 4 heteroatoms. The van der Waals surface area contributed by atoms with E-state index in [2.05, 4.69) is 5.32 Å². The summed E-state index contributed by atoms with van der Waals surface area (Å²) >= 11 is 1.92. The Morgan fingerprint density at radius 2 is 2.44 bits per heavy atom. The summed E-state index contributed by atoms with van der Waals surface area (Å²) in [6.45, 7) is 1.02. The second kappa shape index (κ2) is 6.81. The van der Waals surface area contributed by atoms with Gasteiger partial charge in [0.05, 0.1) is 7.11 Å². The summed E-state index contributed by atoms with van der Waals surface area (Å²) in [6.07, 6.45) is 1.13. The fourth-order valence-corrected chi connectivity index (χ4v) is 3.06. The highest BCUT2D eigenvalue weighted by atomic mass is 32.2. The van der Waals surface area contributed by atoms with E-state index in [1.54, 1.807) is 7.11 Å². The van der Waals surface area contributed by atoms with Gasteiger partial charge in [-0.15, -0.1) is 0 Å². The number of carbonyl (C=O) groups excluding carboxylic acids is 1. The molecule has 1 N–H and O–H groups in total. The van der Waals surface area contributed by atoms with E-state index in [9.17, 15) is 4.79 Å². The molecule has 1 aliphatic heterocycles.